The van der Waals surface area contributed by atoms with E-state index in [1.54, 1.807) is 19.2 Å². The Morgan fingerprint density at radius 1 is 1.03 bits per heavy atom. The molecule has 3 N–H and O–H groups in total. The summed E-state index contributed by atoms with van der Waals surface area (Å²) < 4.78 is 82.9. The van der Waals surface area contributed by atoms with Crippen LogP contribution in [0.1, 0.15) is 18.4 Å². The minimum absolute atomic E-state index is 0.0476. The van der Waals surface area contributed by atoms with E-state index in [-0.39, 0.29) is 23.4 Å². The first kappa shape index (κ1) is 32.2. The summed E-state index contributed by atoms with van der Waals surface area (Å²) in [7, 11) is 1.69. The van der Waals surface area contributed by atoms with Crippen molar-refractivity contribution in [2.75, 3.05) is 39.8 Å². The molecule has 2 aliphatic heterocycles. The first-order valence-corrected chi connectivity index (χ1v) is 11.6. The van der Waals surface area contributed by atoms with Crippen molar-refractivity contribution in [2.45, 2.75) is 43.4 Å². The predicted molar refractivity (Wildman–Crippen MR) is 120 cm³/mol. The summed E-state index contributed by atoms with van der Waals surface area (Å²) in [4.78, 5) is 34.5. The van der Waals surface area contributed by atoms with Crippen molar-refractivity contribution >= 4 is 17.8 Å². The van der Waals surface area contributed by atoms with E-state index in [9.17, 15) is 35.5 Å². The first-order valence-electron chi connectivity index (χ1n) is 11.6. The highest BCUT2D eigenvalue weighted by Gasteiger charge is 2.51. The van der Waals surface area contributed by atoms with E-state index >= 15 is 0 Å². The van der Waals surface area contributed by atoms with Gasteiger partial charge in [0.1, 0.15) is 17.5 Å². The van der Waals surface area contributed by atoms with Gasteiger partial charge in [0.2, 0.25) is 5.91 Å². The maximum absolute atomic E-state index is 13.3. The Bertz CT molecular complexity index is 987. The number of carboxylic acids is 2. The molecule has 9 nitrogen and oxygen atoms in total. The van der Waals surface area contributed by atoms with Gasteiger partial charge in [-0.3, -0.25) is 14.6 Å². The molecule has 4 rings (SSSR count). The van der Waals surface area contributed by atoms with Crippen LogP contribution in [-0.4, -0.2) is 102 Å². The highest BCUT2D eigenvalue weighted by Crippen LogP contribution is 2.36. The highest BCUT2D eigenvalue weighted by molar-refractivity contribution is 5.81. The second-order valence-electron chi connectivity index (χ2n) is 9.38. The van der Waals surface area contributed by atoms with E-state index in [0.29, 0.717) is 6.61 Å². The average molecular weight is 575 g/mol. The number of ether oxygens (including phenoxy) is 1. The van der Waals surface area contributed by atoms with Gasteiger partial charge >= 0.3 is 24.3 Å². The van der Waals surface area contributed by atoms with E-state index in [2.05, 4.69) is 15.1 Å². The van der Waals surface area contributed by atoms with E-state index in [1.807, 2.05) is 6.07 Å². The number of amides is 1. The molecule has 1 atom stereocenters. The number of rotatable bonds is 5. The second-order valence-corrected chi connectivity index (χ2v) is 9.38. The number of halogens is 7. The molecule has 1 unspecified atom stereocenters. The lowest BCUT2D eigenvalue weighted by atomic mass is 9.89. The Morgan fingerprint density at radius 2 is 1.56 bits per heavy atom. The van der Waals surface area contributed by atoms with Gasteiger partial charge in [-0.25, -0.2) is 14.0 Å². The van der Waals surface area contributed by atoms with Gasteiger partial charge in [-0.05, 0) is 36.5 Å². The minimum atomic E-state index is -5.08. The molecule has 1 aliphatic carbocycles. The predicted octanol–water partition coefficient (Wildman–Crippen LogP) is 2.50. The number of carbonyl (C=O) groups excluding carboxylic acids is 1. The molecule has 0 bridgehead atoms. The van der Waals surface area contributed by atoms with Crippen molar-refractivity contribution in [3.63, 3.8) is 0 Å². The number of nitrogens with one attached hydrogen (secondary N) is 1. The molecule has 2 saturated heterocycles. The van der Waals surface area contributed by atoms with Crippen molar-refractivity contribution in [1.29, 1.82) is 0 Å². The Hall–Kier alpha value is -2.98. The topological polar surface area (TPSA) is 119 Å². The normalized spacial score (nSPS) is 21.0. The summed E-state index contributed by atoms with van der Waals surface area (Å²) >= 11 is 0. The lowest BCUT2D eigenvalue weighted by molar-refractivity contribution is -0.203. The molecule has 2 heterocycles. The number of benzene rings is 1. The number of alkyl halides is 6. The molecule has 1 spiro atoms. The summed E-state index contributed by atoms with van der Waals surface area (Å²) in [6.45, 7) is 4.68. The standard InChI is InChI=1S/C19H26FN3O2.2C2HF3O2/c1-21-18(24)17-10-25-19(13-23(17)9-14-5-6-14)11-22(12-19)8-15-3-2-4-16(20)7-15;2*3-2(4,5)1(6)7/h2-4,7,14,17H,5-6,8-13H2,1H3,(H,21,24);2*(H,6,7). The summed E-state index contributed by atoms with van der Waals surface area (Å²) in [6.07, 6.45) is -7.62. The SMILES string of the molecule is CNC(=O)C1COC2(CN(Cc3cccc(F)c3)C2)CN1CC1CC1.O=C(O)C(F)(F)F.O=C(O)C(F)(F)F. The lowest BCUT2D eigenvalue weighted by Gasteiger charge is -2.55. The van der Waals surface area contributed by atoms with Crippen LogP contribution in [0, 0.1) is 11.7 Å². The number of nitrogens with zero attached hydrogens (tertiary/aromatic N) is 2. The van der Waals surface area contributed by atoms with Gasteiger partial charge < -0.3 is 20.3 Å². The molecular weight excluding hydrogens is 547 g/mol. The fourth-order valence-corrected chi connectivity index (χ4v) is 4.08. The monoisotopic (exact) mass is 575 g/mol. The van der Waals surface area contributed by atoms with Crippen molar-refractivity contribution < 1.29 is 60.1 Å². The number of likely N-dealkylation sites (tertiary alicyclic amines) is 1. The van der Waals surface area contributed by atoms with Gasteiger partial charge in [0.15, 0.2) is 0 Å². The number of aliphatic carboxylic acids is 2. The fraction of sp³-hybridized carbons (Fsp3) is 0.609. The van der Waals surface area contributed by atoms with E-state index in [0.717, 1.165) is 44.2 Å². The zero-order valence-corrected chi connectivity index (χ0v) is 20.7. The third kappa shape index (κ3) is 10.3. The van der Waals surface area contributed by atoms with Crippen LogP contribution < -0.4 is 5.32 Å². The van der Waals surface area contributed by atoms with Crippen LogP contribution in [-0.2, 0) is 25.7 Å². The van der Waals surface area contributed by atoms with Crippen LogP contribution in [0.2, 0.25) is 0 Å². The quantitative estimate of drug-likeness (QED) is 0.459. The molecule has 1 aromatic rings. The van der Waals surface area contributed by atoms with E-state index in [1.165, 1.54) is 18.9 Å². The number of morpholine rings is 1. The van der Waals surface area contributed by atoms with Gasteiger partial charge in [-0.2, -0.15) is 26.3 Å². The van der Waals surface area contributed by atoms with E-state index < -0.39 is 24.3 Å². The third-order valence-electron chi connectivity index (χ3n) is 6.02. The molecular formula is C23H28F7N3O6. The summed E-state index contributed by atoms with van der Waals surface area (Å²) in [6, 6.07) is 6.60. The van der Waals surface area contributed by atoms with Crippen molar-refractivity contribution in [1.82, 2.24) is 15.1 Å². The van der Waals surface area contributed by atoms with Crippen LogP contribution in [0.15, 0.2) is 24.3 Å². The molecule has 0 radical (unpaired) electrons. The zero-order valence-electron chi connectivity index (χ0n) is 20.7. The van der Waals surface area contributed by atoms with Crippen LogP contribution in [0.3, 0.4) is 0 Å². The second kappa shape index (κ2) is 12.9. The smallest absolute Gasteiger partial charge is 0.475 e. The number of carbonyl (C=O) groups is 3. The maximum atomic E-state index is 13.3. The van der Waals surface area contributed by atoms with Gasteiger partial charge in [-0.15, -0.1) is 0 Å². The molecule has 3 aliphatic rings. The molecule has 16 heteroatoms. The van der Waals surface area contributed by atoms with Gasteiger partial charge in [-0.1, -0.05) is 12.1 Å². The van der Waals surface area contributed by atoms with Crippen molar-refractivity contribution in [2.24, 2.45) is 5.92 Å². The first-order chi connectivity index (χ1) is 18.0. The minimum Gasteiger partial charge on any atom is -0.475 e. The number of carboxylic acid groups (broad SMARTS) is 2. The fourth-order valence-electron chi connectivity index (χ4n) is 4.08. The largest absolute Gasteiger partial charge is 0.490 e. The Balaban J connectivity index is 0.000000317. The third-order valence-corrected chi connectivity index (χ3v) is 6.02. The zero-order chi connectivity index (χ0) is 29.6. The molecule has 3 fully saturated rings. The lowest BCUT2D eigenvalue weighted by Crippen LogP contribution is -2.72. The highest BCUT2D eigenvalue weighted by atomic mass is 19.4. The summed E-state index contributed by atoms with van der Waals surface area (Å²) in [5.41, 5.74) is 0.816. The Morgan fingerprint density at radius 3 is 2.00 bits per heavy atom. The van der Waals surface area contributed by atoms with Gasteiger partial charge in [0, 0.05) is 39.8 Å². The molecule has 220 valence electrons. The molecule has 39 heavy (non-hydrogen) atoms. The van der Waals surface area contributed by atoms with Crippen LogP contribution in [0.5, 0.6) is 0 Å². The summed E-state index contributed by atoms with van der Waals surface area (Å²) in [5, 5.41) is 17.0. The number of hydrogen-bond acceptors (Lipinski definition) is 6. The summed E-state index contributed by atoms with van der Waals surface area (Å²) in [5.74, 6) is -4.91. The van der Waals surface area contributed by atoms with Crippen LogP contribution in [0.25, 0.3) is 0 Å². The maximum Gasteiger partial charge on any atom is 0.490 e. The number of likely N-dealkylation sites (N-methyl/N-ethyl adjacent to an activating group) is 1. The van der Waals surface area contributed by atoms with Crippen molar-refractivity contribution in [3.8, 4) is 0 Å². The van der Waals surface area contributed by atoms with Crippen LogP contribution in [0.4, 0.5) is 30.7 Å². The Kier molecular flexibility index (Phi) is 10.7. The van der Waals surface area contributed by atoms with Gasteiger partial charge in [0.25, 0.3) is 0 Å². The van der Waals surface area contributed by atoms with Crippen molar-refractivity contribution in [3.05, 3.63) is 35.6 Å². The number of hydrogen-bond donors (Lipinski definition) is 3. The molecule has 0 aromatic heterocycles. The van der Waals surface area contributed by atoms with Crippen LogP contribution >= 0.6 is 0 Å². The molecule has 1 saturated carbocycles. The Labute approximate surface area is 218 Å². The van der Waals surface area contributed by atoms with E-state index in [4.69, 9.17) is 24.5 Å². The molecule has 1 aromatic carbocycles. The van der Waals surface area contributed by atoms with Gasteiger partial charge in [0.05, 0.1) is 6.61 Å². The average Bonchev–Trinajstić information content (AvgIpc) is 3.61. The molecule has 1 amide bonds.